The highest BCUT2D eigenvalue weighted by atomic mass is 35.5. The van der Waals surface area contributed by atoms with E-state index in [9.17, 15) is 4.79 Å². The van der Waals surface area contributed by atoms with Gasteiger partial charge in [-0.3, -0.25) is 9.78 Å². The summed E-state index contributed by atoms with van der Waals surface area (Å²) < 4.78 is 0. The van der Waals surface area contributed by atoms with Crippen LogP contribution in [0.15, 0.2) is 24.5 Å². The fraction of sp³-hybridized carbons (Fsp3) is 0.400. The Labute approximate surface area is 94.9 Å². The molecule has 0 aliphatic heterocycles. The maximum absolute atomic E-state index is 11.0. The van der Waals surface area contributed by atoms with Crippen LogP contribution in [0.1, 0.15) is 25.3 Å². The van der Waals surface area contributed by atoms with Crippen molar-refractivity contribution in [2.45, 2.75) is 25.3 Å². The minimum Gasteiger partial charge on any atom is -0.481 e. The molecular formula is C10H15ClN2O2. The van der Waals surface area contributed by atoms with Crippen molar-refractivity contribution in [2.24, 2.45) is 5.73 Å². The first-order chi connectivity index (χ1) is 6.43. The lowest BCUT2D eigenvalue weighted by molar-refractivity contribution is -0.140. The minimum absolute atomic E-state index is 0. The number of rotatable bonds is 3. The van der Waals surface area contributed by atoms with E-state index in [0.717, 1.165) is 0 Å². The van der Waals surface area contributed by atoms with E-state index in [2.05, 4.69) is 4.98 Å². The van der Waals surface area contributed by atoms with Crippen molar-refractivity contribution in [2.75, 3.05) is 0 Å². The third kappa shape index (κ3) is 3.49. The van der Waals surface area contributed by atoms with Gasteiger partial charge in [-0.15, -0.1) is 12.4 Å². The molecule has 0 amide bonds. The highest BCUT2D eigenvalue weighted by Crippen LogP contribution is 2.25. The quantitative estimate of drug-likeness (QED) is 0.823. The largest absolute Gasteiger partial charge is 0.481 e. The van der Waals surface area contributed by atoms with Crippen molar-refractivity contribution in [3.8, 4) is 0 Å². The number of hydrogen-bond donors (Lipinski definition) is 2. The van der Waals surface area contributed by atoms with Crippen LogP contribution in [0.2, 0.25) is 0 Å². The number of aliphatic carboxylic acids is 1. The molecule has 1 atom stereocenters. The predicted molar refractivity (Wildman–Crippen MR) is 60.1 cm³/mol. The van der Waals surface area contributed by atoms with Crippen LogP contribution < -0.4 is 5.73 Å². The summed E-state index contributed by atoms with van der Waals surface area (Å²) in [6, 6.07) is 3.35. The van der Waals surface area contributed by atoms with Crippen LogP contribution in [0.25, 0.3) is 0 Å². The van der Waals surface area contributed by atoms with Crippen LogP contribution in [0.4, 0.5) is 0 Å². The second-order valence-corrected chi connectivity index (χ2v) is 3.87. The Balaban J connectivity index is 0.00000196. The van der Waals surface area contributed by atoms with E-state index in [4.69, 9.17) is 10.8 Å². The number of carbonyl (C=O) groups is 1. The number of pyridine rings is 1. The number of halogens is 1. The van der Waals surface area contributed by atoms with Gasteiger partial charge in [-0.2, -0.15) is 0 Å². The lowest BCUT2D eigenvalue weighted by atomic mass is 9.83. The van der Waals surface area contributed by atoms with Crippen LogP contribution >= 0.6 is 12.4 Å². The summed E-state index contributed by atoms with van der Waals surface area (Å²) >= 11 is 0. The van der Waals surface area contributed by atoms with Crippen molar-refractivity contribution in [1.82, 2.24) is 4.98 Å². The molecule has 0 fully saturated rings. The van der Waals surface area contributed by atoms with Gasteiger partial charge in [0, 0.05) is 17.9 Å². The van der Waals surface area contributed by atoms with Crippen molar-refractivity contribution in [1.29, 1.82) is 0 Å². The zero-order valence-electron chi connectivity index (χ0n) is 8.68. The Morgan fingerprint density at radius 3 is 2.27 bits per heavy atom. The number of nitrogens with two attached hydrogens (primary N) is 1. The highest BCUT2D eigenvalue weighted by molar-refractivity contribution is 5.85. The number of carboxylic acids is 1. The molecule has 1 rings (SSSR count). The Bertz CT molecular complexity index is 322. The first-order valence-electron chi connectivity index (χ1n) is 4.34. The fourth-order valence-electron chi connectivity index (χ4n) is 1.45. The van der Waals surface area contributed by atoms with E-state index in [1.54, 1.807) is 38.4 Å². The Hall–Kier alpha value is -1.13. The van der Waals surface area contributed by atoms with Crippen LogP contribution in [-0.4, -0.2) is 21.6 Å². The molecular weight excluding hydrogens is 216 g/mol. The zero-order valence-corrected chi connectivity index (χ0v) is 9.49. The average molecular weight is 231 g/mol. The van der Waals surface area contributed by atoms with Crippen molar-refractivity contribution in [3.05, 3.63) is 30.1 Å². The molecule has 4 nitrogen and oxygen atoms in total. The second kappa shape index (κ2) is 5.09. The summed E-state index contributed by atoms with van der Waals surface area (Å²) in [6.07, 6.45) is 3.13. The molecule has 15 heavy (non-hydrogen) atoms. The topological polar surface area (TPSA) is 76.2 Å². The molecule has 1 aromatic heterocycles. The van der Waals surface area contributed by atoms with Crippen LogP contribution in [-0.2, 0) is 4.79 Å². The van der Waals surface area contributed by atoms with E-state index >= 15 is 0 Å². The number of nitrogens with zero attached hydrogens (tertiary/aromatic N) is 1. The Kier molecular flexibility index (Phi) is 4.71. The van der Waals surface area contributed by atoms with Gasteiger partial charge < -0.3 is 10.8 Å². The number of hydrogen-bond acceptors (Lipinski definition) is 3. The third-order valence-electron chi connectivity index (χ3n) is 2.03. The smallest absolute Gasteiger partial charge is 0.312 e. The predicted octanol–water partition coefficient (Wildman–Crippen LogP) is 1.41. The van der Waals surface area contributed by atoms with E-state index < -0.39 is 17.4 Å². The van der Waals surface area contributed by atoms with Gasteiger partial charge in [0.25, 0.3) is 0 Å². The lowest BCUT2D eigenvalue weighted by Crippen LogP contribution is -2.43. The molecule has 0 aliphatic rings. The summed E-state index contributed by atoms with van der Waals surface area (Å²) in [5.41, 5.74) is 5.71. The van der Waals surface area contributed by atoms with E-state index in [-0.39, 0.29) is 12.4 Å². The van der Waals surface area contributed by atoms with Crippen molar-refractivity contribution >= 4 is 18.4 Å². The highest BCUT2D eigenvalue weighted by Gasteiger charge is 2.33. The molecule has 1 aromatic rings. The Morgan fingerprint density at radius 1 is 1.47 bits per heavy atom. The lowest BCUT2D eigenvalue weighted by Gasteiger charge is -2.27. The van der Waals surface area contributed by atoms with E-state index in [1.807, 2.05) is 0 Å². The summed E-state index contributed by atoms with van der Waals surface area (Å²) in [5.74, 6) is -1.62. The monoisotopic (exact) mass is 230 g/mol. The molecule has 0 aliphatic carbocycles. The number of aromatic nitrogens is 1. The zero-order chi connectivity index (χ0) is 10.8. The van der Waals surface area contributed by atoms with Crippen molar-refractivity contribution in [3.63, 3.8) is 0 Å². The van der Waals surface area contributed by atoms with E-state index in [0.29, 0.717) is 5.56 Å². The average Bonchev–Trinajstić information content (AvgIpc) is 2.02. The van der Waals surface area contributed by atoms with Gasteiger partial charge in [-0.1, -0.05) is 0 Å². The summed E-state index contributed by atoms with van der Waals surface area (Å²) in [5, 5.41) is 9.06. The molecule has 1 heterocycles. The summed E-state index contributed by atoms with van der Waals surface area (Å²) in [4.78, 5) is 14.9. The normalized spacial score (nSPS) is 12.7. The van der Waals surface area contributed by atoms with Gasteiger partial charge in [0.1, 0.15) is 0 Å². The standard InChI is InChI=1S/C10H14N2O2.ClH/c1-10(2,11)8(9(13)14)7-3-5-12-6-4-7;/h3-6,8H,11H2,1-2H3,(H,13,14);1H. The molecule has 0 aromatic carbocycles. The SMILES string of the molecule is CC(C)(N)C(C(=O)O)c1ccncc1.Cl. The van der Waals surface area contributed by atoms with Gasteiger partial charge in [0.05, 0.1) is 5.92 Å². The van der Waals surface area contributed by atoms with Crippen LogP contribution in [0.3, 0.4) is 0 Å². The maximum atomic E-state index is 11.0. The molecule has 0 bridgehead atoms. The summed E-state index contributed by atoms with van der Waals surface area (Å²) in [6.45, 7) is 3.40. The fourth-order valence-corrected chi connectivity index (χ4v) is 1.45. The van der Waals surface area contributed by atoms with Crippen LogP contribution in [0, 0.1) is 0 Å². The molecule has 0 radical (unpaired) electrons. The van der Waals surface area contributed by atoms with E-state index in [1.165, 1.54) is 0 Å². The van der Waals surface area contributed by atoms with Gasteiger partial charge in [0.2, 0.25) is 0 Å². The van der Waals surface area contributed by atoms with Crippen molar-refractivity contribution < 1.29 is 9.90 Å². The molecule has 3 N–H and O–H groups in total. The summed E-state index contributed by atoms with van der Waals surface area (Å²) in [7, 11) is 0. The van der Waals surface area contributed by atoms with Crippen LogP contribution in [0.5, 0.6) is 0 Å². The molecule has 1 unspecified atom stereocenters. The second-order valence-electron chi connectivity index (χ2n) is 3.87. The van der Waals surface area contributed by atoms with Gasteiger partial charge in [-0.25, -0.2) is 0 Å². The van der Waals surface area contributed by atoms with Gasteiger partial charge in [0.15, 0.2) is 0 Å². The molecule has 0 spiro atoms. The Morgan fingerprint density at radius 2 is 1.93 bits per heavy atom. The molecule has 0 saturated heterocycles. The number of carboxylic acid groups (broad SMARTS) is 1. The molecule has 0 saturated carbocycles. The molecule has 5 heteroatoms. The van der Waals surface area contributed by atoms with Gasteiger partial charge >= 0.3 is 5.97 Å². The maximum Gasteiger partial charge on any atom is 0.312 e. The first kappa shape index (κ1) is 13.9. The van der Waals surface area contributed by atoms with Gasteiger partial charge in [-0.05, 0) is 31.5 Å². The third-order valence-corrected chi connectivity index (χ3v) is 2.03. The first-order valence-corrected chi connectivity index (χ1v) is 4.34. The minimum atomic E-state index is -0.913. The molecule has 84 valence electrons.